The number of unbranched alkanes of at least 4 members (excludes halogenated alkanes) is 1. The maximum Gasteiger partial charge on any atom is 0.232 e. The van der Waals surface area contributed by atoms with Crippen LogP contribution in [0.1, 0.15) is 19.8 Å². The van der Waals surface area contributed by atoms with Gasteiger partial charge >= 0.3 is 0 Å². The third-order valence-corrected chi connectivity index (χ3v) is 5.10. The van der Waals surface area contributed by atoms with E-state index in [-0.39, 0.29) is 5.75 Å². The monoisotopic (exact) mass is 348 g/mol. The molecule has 0 saturated carbocycles. The van der Waals surface area contributed by atoms with Crippen LogP contribution in [0.2, 0.25) is 5.02 Å². The number of sulfonamides is 1. The fourth-order valence-corrected chi connectivity index (χ4v) is 3.85. The molecule has 0 saturated heterocycles. The van der Waals surface area contributed by atoms with Crippen LogP contribution in [0, 0.1) is 0 Å². The summed E-state index contributed by atoms with van der Waals surface area (Å²) >= 11 is 7.10. The highest BCUT2D eigenvalue weighted by atomic mass is 35.5. The number of rotatable bonds is 8. The van der Waals surface area contributed by atoms with Gasteiger partial charge in [-0.1, -0.05) is 18.5 Å². The van der Waals surface area contributed by atoms with Crippen molar-refractivity contribution in [1.82, 2.24) is 14.1 Å². The zero-order valence-electron chi connectivity index (χ0n) is 11.6. The Morgan fingerprint density at radius 1 is 1.29 bits per heavy atom. The summed E-state index contributed by atoms with van der Waals surface area (Å²) in [6.07, 6.45) is 1.40. The summed E-state index contributed by atoms with van der Waals surface area (Å²) in [5.74, 6) is 0.0582. The van der Waals surface area contributed by atoms with E-state index in [1.165, 1.54) is 0 Å². The lowest BCUT2D eigenvalue weighted by Gasteiger charge is -2.10. The fraction of sp³-hybridized carbons (Fsp3) is 0.500. The van der Waals surface area contributed by atoms with Gasteiger partial charge in [-0.15, -0.1) is 0 Å². The molecule has 1 aromatic heterocycles. The number of fused-ring (bicyclic) bond motifs is 1. The van der Waals surface area contributed by atoms with Gasteiger partial charge < -0.3 is 5.32 Å². The second-order valence-electron chi connectivity index (χ2n) is 4.54. The van der Waals surface area contributed by atoms with Crippen molar-refractivity contribution in [3.8, 4) is 0 Å². The Kier molecular flexibility index (Phi) is 5.74. The predicted octanol–water partition coefficient (Wildman–Crippen LogP) is 2.48. The van der Waals surface area contributed by atoms with Crippen molar-refractivity contribution in [3.63, 3.8) is 0 Å². The van der Waals surface area contributed by atoms with E-state index in [0.29, 0.717) is 28.2 Å². The predicted molar refractivity (Wildman–Crippen MR) is 87.6 cm³/mol. The van der Waals surface area contributed by atoms with E-state index in [9.17, 15) is 8.42 Å². The highest BCUT2D eigenvalue weighted by molar-refractivity contribution is 7.92. The molecule has 0 aliphatic rings. The summed E-state index contributed by atoms with van der Waals surface area (Å²) < 4.78 is 34.9. The van der Waals surface area contributed by atoms with Gasteiger partial charge in [0.15, 0.2) is 0 Å². The number of aromatic nitrogens is 2. The average molecular weight is 349 g/mol. The lowest BCUT2D eigenvalue weighted by molar-refractivity contribution is 0.593. The Morgan fingerprint density at radius 2 is 2.10 bits per heavy atom. The van der Waals surface area contributed by atoms with Crippen molar-refractivity contribution in [3.05, 3.63) is 17.2 Å². The molecule has 0 fully saturated rings. The van der Waals surface area contributed by atoms with Crippen molar-refractivity contribution in [2.75, 3.05) is 23.6 Å². The molecule has 21 heavy (non-hydrogen) atoms. The summed E-state index contributed by atoms with van der Waals surface area (Å²) in [7, 11) is -3.44. The summed E-state index contributed by atoms with van der Waals surface area (Å²) in [6, 6.07) is 3.34. The molecule has 0 aliphatic carbocycles. The Morgan fingerprint density at radius 3 is 2.86 bits per heavy atom. The maximum absolute atomic E-state index is 12.1. The quantitative estimate of drug-likeness (QED) is 0.716. The number of anilines is 1. The topological polar surface area (TPSA) is 84.0 Å². The zero-order chi connectivity index (χ0) is 15.3. The SMILES string of the molecule is CCNCCCCS(=O)(=O)Nc1c(Cl)ccc2nsnc12. The lowest BCUT2D eigenvalue weighted by Crippen LogP contribution is -2.19. The maximum atomic E-state index is 12.1. The van der Waals surface area contributed by atoms with Crippen LogP contribution < -0.4 is 10.0 Å². The van der Waals surface area contributed by atoms with Gasteiger partial charge in [-0.3, -0.25) is 4.72 Å². The van der Waals surface area contributed by atoms with Crippen LogP contribution in [-0.4, -0.2) is 36.0 Å². The molecule has 2 N–H and O–H groups in total. The molecule has 9 heteroatoms. The number of hydrogen-bond acceptors (Lipinski definition) is 6. The van der Waals surface area contributed by atoms with E-state index in [0.717, 1.165) is 31.2 Å². The number of hydrogen-bond donors (Lipinski definition) is 2. The second kappa shape index (κ2) is 7.35. The summed E-state index contributed by atoms with van der Waals surface area (Å²) in [4.78, 5) is 0. The number of halogens is 1. The first kappa shape index (κ1) is 16.4. The van der Waals surface area contributed by atoms with Crippen molar-refractivity contribution >= 4 is 50.1 Å². The molecule has 0 spiro atoms. The first-order valence-electron chi connectivity index (χ1n) is 6.65. The van der Waals surface area contributed by atoms with Crippen LogP contribution in [0.5, 0.6) is 0 Å². The normalized spacial score (nSPS) is 11.9. The minimum atomic E-state index is -3.44. The lowest BCUT2D eigenvalue weighted by atomic mass is 10.3. The highest BCUT2D eigenvalue weighted by Crippen LogP contribution is 2.30. The molecule has 0 amide bonds. The third-order valence-electron chi connectivity index (χ3n) is 2.90. The molecular formula is C12H17ClN4O2S2. The molecule has 0 bridgehead atoms. The molecule has 0 radical (unpaired) electrons. The fourth-order valence-electron chi connectivity index (χ4n) is 1.85. The van der Waals surface area contributed by atoms with E-state index in [1.807, 2.05) is 6.92 Å². The number of nitrogens with zero attached hydrogens (tertiary/aromatic N) is 2. The van der Waals surface area contributed by atoms with E-state index >= 15 is 0 Å². The molecule has 2 rings (SSSR count). The highest BCUT2D eigenvalue weighted by Gasteiger charge is 2.16. The minimum absolute atomic E-state index is 0.0582. The third kappa shape index (κ3) is 4.50. The van der Waals surface area contributed by atoms with Crippen molar-refractivity contribution in [2.24, 2.45) is 0 Å². The van der Waals surface area contributed by atoms with E-state index < -0.39 is 10.0 Å². The summed E-state index contributed by atoms with van der Waals surface area (Å²) in [5, 5.41) is 3.49. The van der Waals surface area contributed by atoms with E-state index in [1.54, 1.807) is 12.1 Å². The van der Waals surface area contributed by atoms with Crippen LogP contribution in [0.3, 0.4) is 0 Å². The largest absolute Gasteiger partial charge is 0.317 e. The summed E-state index contributed by atoms with van der Waals surface area (Å²) in [5.41, 5.74) is 1.44. The molecular weight excluding hydrogens is 332 g/mol. The van der Waals surface area contributed by atoms with Crippen molar-refractivity contribution in [2.45, 2.75) is 19.8 Å². The molecule has 6 nitrogen and oxygen atoms in total. The van der Waals surface area contributed by atoms with Crippen molar-refractivity contribution in [1.29, 1.82) is 0 Å². The van der Waals surface area contributed by atoms with Crippen LogP contribution >= 0.6 is 23.3 Å². The van der Waals surface area contributed by atoms with Gasteiger partial charge in [-0.05, 0) is 38.1 Å². The molecule has 1 heterocycles. The Bertz CT molecular complexity index is 702. The molecule has 0 atom stereocenters. The molecule has 0 aliphatic heterocycles. The van der Waals surface area contributed by atoms with Gasteiger partial charge in [0.05, 0.1) is 28.2 Å². The van der Waals surface area contributed by atoms with Crippen LogP contribution in [0.25, 0.3) is 11.0 Å². The number of nitrogens with one attached hydrogen (secondary N) is 2. The molecule has 0 unspecified atom stereocenters. The van der Waals surface area contributed by atoms with E-state index in [4.69, 9.17) is 11.6 Å². The summed E-state index contributed by atoms with van der Waals surface area (Å²) in [6.45, 7) is 3.72. The minimum Gasteiger partial charge on any atom is -0.317 e. The second-order valence-corrected chi connectivity index (χ2v) is 7.31. The number of benzene rings is 1. The van der Waals surface area contributed by atoms with Crippen LogP contribution in [0.4, 0.5) is 5.69 Å². The Hall–Kier alpha value is -0.960. The Labute approximate surface area is 133 Å². The van der Waals surface area contributed by atoms with Crippen LogP contribution in [0.15, 0.2) is 12.1 Å². The average Bonchev–Trinajstić information content (AvgIpc) is 2.90. The van der Waals surface area contributed by atoms with Crippen LogP contribution in [-0.2, 0) is 10.0 Å². The standard InChI is InChI=1S/C12H17ClN4O2S2/c1-2-14-7-3-4-8-21(18,19)17-11-9(13)5-6-10-12(11)16-20-15-10/h5-6,14,17H,2-4,7-8H2,1H3. The first-order chi connectivity index (χ1) is 10.0. The van der Waals surface area contributed by atoms with Gasteiger partial charge in [0.2, 0.25) is 10.0 Å². The first-order valence-corrected chi connectivity index (χ1v) is 9.41. The van der Waals surface area contributed by atoms with Gasteiger partial charge in [0.25, 0.3) is 0 Å². The van der Waals surface area contributed by atoms with Gasteiger partial charge in [-0.2, -0.15) is 8.75 Å². The van der Waals surface area contributed by atoms with Gasteiger partial charge in [0.1, 0.15) is 11.0 Å². The molecule has 1 aromatic carbocycles. The van der Waals surface area contributed by atoms with Gasteiger partial charge in [-0.25, -0.2) is 8.42 Å². The van der Waals surface area contributed by atoms with E-state index in [2.05, 4.69) is 18.8 Å². The van der Waals surface area contributed by atoms with Crippen molar-refractivity contribution < 1.29 is 8.42 Å². The molecule has 2 aromatic rings. The zero-order valence-corrected chi connectivity index (χ0v) is 14.0. The van der Waals surface area contributed by atoms with Gasteiger partial charge in [0, 0.05) is 0 Å². The molecule has 116 valence electrons. The Balaban J connectivity index is 2.05. The smallest absolute Gasteiger partial charge is 0.232 e.